The van der Waals surface area contributed by atoms with Crippen LogP contribution in [0.3, 0.4) is 0 Å². The molecule has 5 heteroatoms. The summed E-state index contributed by atoms with van der Waals surface area (Å²) in [5.41, 5.74) is 2.14. The van der Waals surface area contributed by atoms with Gasteiger partial charge in [0.2, 0.25) is 0 Å². The first-order valence-electron chi connectivity index (χ1n) is 4.66. The second-order valence-corrected chi connectivity index (χ2v) is 5.84. The van der Waals surface area contributed by atoms with Crippen LogP contribution in [-0.4, -0.2) is 21.3 Å². The van der Waals surface area contributed by atoms with Crippen LogP contribution in [0.25, 0.3) is 6.08 Å². The predicted octanol–water partition coefficient (Wildman–Crippen LogP) is 2.75. The van der Waals surface area contributed by atoms with Gasteiger partial charge < -0.3 is 0 Å². The van der Waals surface area contributed by atoms with Gasteiger partial charge in [-0.15, -0.1) is 0 Å². The molecule has 0 heterocycles. The smallest absolute Gasteiger partial charge is 0.264 e. The number of benzene rings is 1. The SMILES string of the molecule is Cc1c(Br)cccc1C=CCOS(C)(=O)=O. The first kappa shape index (κ1) is 13.4. The Bertz CT molecular complexity index is 492. The lowest BCUT2D eigenvalue weighted by atomic mass is 10.1. The average molecular weight is 305 g/mol. The average Bonchev–Trinajstić information content (AvgIpc) is 2.17. The Hall–Kier alpha value is -0.650. The van der Waals surface area contributed by atoms with Crippen molar-refractivity contribution < 1.29 is 12.6 Å². The second kappa shape index (κ2) is 5.61. The largest absolute Gasteiger partial charge is 0.266 e. The minimum absolute atomic E-state index is 0.0603. The third kappa shape index (κ3) is 4.47. The van der Waals surface area contributed by atoms with Gasteiger partial charge in [-0.1, -0.05) is 40.2 Å². The lowest BCUT2D eigenvalue weighted by Crippen LogP contribution is -2.01. The van der Waals surface area contributed by atoms with Crippen LogP contribution in [-0.2, 0) is 14.3 Å². The van der Waals surface area contributed by atoms with Gasteiger partial charge in [0, 0.05) is 4.47 Å². The van der Waals surface area contributed by atoms with E-state index in [1.807, 2.05) is 31.2 Å². The Kier molecular flexibility index (Phi) is 4.70. The van der Waals surface area contributed by atoms with Crippen molar-refractivity contribution in [1.82, 2.24) is 0 Å². The summed E-state index contributed by atoms with van der Waals surface area (Å²) >= 11 is 3.43. The number of halogens is 1. The maximum atomic E-state index is 10.7. The molecule has 0 atom stereocenters. The minimum atomic E-state index is -3.36. The highest BCUT2D eigenvalue weighted by molar-refractivity contribution is 9.10. The molecule has 0 aliphatic carbocycles. The van der Waals surface area contributed by atoms with Crippen LogP contribution in [0.2, 0.25) is 0 Å². The molecule has 0 fully saturated rings. The monoisotopic (exact) mass is 304 g/mol. The van der Waals surface area contributed by atoms with Gasteiger partial charge in [-0.2, -0.15) is 8.42 Å². The summed E-state index contributed by atoms with van der Waals surface area (Å²) in [5.74, 6) is 0. The molecular weight excluding hydrogens is 292 g/mol. The summed E-state index contributed by atoms with van der Waals surface area (Å²) in [4.78, 5) is 0. The van der Waals surface area contributed by atoms with Crippen LogP contribution in [0.5, 0.6) is 0 Å². The molecule has 0 saturated carbocycles. The highest BCUT2D eigenvalue weighted by Crippen LogP contribution is 2.20. The first-order valence-corrected chi connectivity index (χ1v) is 7.27. The fourth-order valence-corrected chi connectivity index (χ4v) is 1.85. The summed E-state index contributed by atoms with van der Waals surface area (Å²) in [7, 11) is -3.36. The summed E-state index contributed by atoms with van der Waals surface area (Å²) in [6.07, 6.45) is 4.55. The van der Waals surface area contributed by atoms with E-state index in [-0.39, 0.29) is 6.61 Å². The predicted molar refractivity (Wildman–Crippen MR) is 68.7 cm³/mol. The first-order chi connectivity index (χ1) is 7.40. The van der Waals surface area contributed by atoms with E-state index < -0.39 is 10.1 Å². The van der Waals surface area contributed by atoms with E-state index in [0.717, 1.165) is 21.9 Å². The molecule has 3 nitrogen and oxygen atoms in total. The molecular formula is C11H13BrO3S. The van der Waals surface area contributed by atoms with Crippen molar-refractivity contribution in [3.8, 4) is 0 Å². The zero-order chi connectivity index (χ0) is 12.2. The quantitative estimate of drug-likeness (QED) is 0.803. The van der Waals surface area contributed by atoms with Crippen molar-refractivity contribution in [1.29, 1.82) is 0 Å². The molecule has 1 aromatic rings. The maximum absolute atomic E-state index is 10.7. The molecule has 88 valence electrons. The van der Waals surface area contributed by atoms with Gasteiger partial charge in [-0.25, -0.2) is 0 Å². The van der Waals surface area contributed by atoms with Gasteiger partial charge in [0.25, 0.3) is 10.1 Å². The van der Waals surface area contributed by atoms with Crippen LogP contribution in [0, 0.1) is 6.92 Å². The number of rotatable bonds is 4. The molecule has 0 saturated heterocycles. The van der Waals surface area contributed by atoms with Gasteiger partial charge in [-0.3, -0.25) is 4.18 Å². The summed E-state index contributed by atoms with van der Waals surface area (Å²) in [6, 6.07) is 5.84. The lowest BCUT2D eigenvalue weighted by Gasteiger charge is -2.02. The van der Waals surface area contributed by atoms with E-state index in [9.17, 15) is 8.42 Å². The van der Waals surface area contributed by atoms with Crippen LogP contribution in [0.1, 0.15) is 11.1 Å². The van der Waals surface area contributed by atoms with Gasteiger partial charge in [0.15, 0.2) is 0 Å². The van der Waals surface area contributed by atoms with E-state index in [1.165, 1.54) is 0 Å². The van der Waals surface area contributed by atoms with Crippen LogP contribution in [0.4, 0.5) is 0 Å². The lowest BCUT2D eigenvalue weighted by molar-refractivity contribution is 0.362. The molecule has 0 spiro atoms. The van der Waals surface area contributed by atoms with Crippen molar-refractivity contribution in [2.24, 2.45) is 0 Å². The van der Waals surface area contributed by atoms with E-state index in [2.05, 4.69) is 20.1 Å². The van der Waals surface area contributed by atoms with Crippen molar-refractivity contribution >= 4 is 32.1 Å². The maximum Gasteiger partial charge on any atom is 0.264 e. The van der Waals surface area contributed by atoms with Crippen molar-refractivity contribution in [3.05, 3.63) is 39.9 Å². The molecule has 16 heavy (non-hydrogen) atoms. The van der Waals surface area contributed by atoms with E-state index in [1.54, 1.807) is 6.08 Å². The highest BCUT2D eigenvalue weighted by Gasteiger charge is 1.99. The van der Waals surface area contributed by atoms with Gasteiger partial charge in [0.05, 0.1) is 12.9 Å². The molecule has 1 rings (SSSR count). The van der Waals surface area contributed by atoms with E-state index >= 15 is 0 Å². The molecule has 0 N–H and O–H groups in total. The number of hydrogen-bond acceptors (Lipinski definition) is 3. The Morgan fingerprint density at radius 1 is 1.44 bits per heavy atom. The highest BCUT2D eigenvalue weighted by atomic mass is 79.9. The van der Waals surface area contributed by atoms with Crippen LogP contribution < -0.4 is 0 Å². The van der Waals surface area contributed by atoms with Crippen LogP contribution in [0.15, 0.2) is 28.7 Å². The topological polar surface area (TPSA) is 43.4 Å². The second-order valence-electron chi connectivity index (χ2n) is 3.35. The Labute approximate surface area is 104 Å². The molecule has 0 radical (unpaired) electrons. The summed E-state index contributed by atoms with van der Waals surface area (Å²) in [5, 5.41) is 0. The van der Waals surface area contributed by atoms with Crippen molar-refractivity contribution in [3.63, 3.8) is 0 Å². The summed E-state index contributed by atoms with van der Waals surface area (Å²) < 4.78 is 27.0. The third-order valence-corrected chi connectivity index (χ3v) is 3.41. The third-order valence-electron chi connectivity index (χ3n) is 1.99. The van der Waals surface area contributed by atoms with Gasteiger partial charge in [-0.05, 0) is 24.1 Å². The standard InChI is InChI=1S/C11H13BrO3S/c1-9-10(5-3-7-11(9)12)6-4-8-15-16(2,13)14/h3-7H,8H2,1-2H3. The Morgan fingerprint density at radius 3 is 2.75 bits per heavy atom. The van der Waals surface area contributed by atoms with E-state index in [4.69, 9.17) is 0 Å². The fourth-order valence-electron chi connectivity index (χ4n) is 1.14. The fraction of sp³-hybridized carbons (Fsp3) is 0.273. The zero-order valence-electron chi connectivity index (χ0n) is 9.10. The Balaban J connectivity index is 2.67. The molecule has 0 bridgehead atoms. The molecule has 0 aliphatic rings. The molecule has 0 aliphatic heterocycles. The van der Waals surface area contributed by atoms with Gasteiger partial charge in [0.1, 0.15) is 0 Å². The number of hydrogen-bond donors (Lipinski definition) is 0. The molecule has 0 amide bonds. The van der Waals surface area contributed by atoms with Crippen LogP contribution >= 0.6 is 15.9 Å². The normalized spacial score (nSPS) is 12.2. The Morgan fingerprint density at radius 2 is 2.12 bits per heavy atom. The minimum Gasteiger partial charge on any atom is -0.266 e. The van der Waals surface area contributed by atoms with Crippen molar-refractivity contribution in [2.75, 3.05) is 12.9 Å². The molecule has 0 aromatic heterocycles. The zero-order valence-corrected chi connectivity index (χ0v) is 11.5. The van der Waals surface area contributed by atoms with E-state index in [0.29, 0.717) is 0 Å². The van der Waals surface area contributed by atoms with Gasteiger partial charge >= 0.3 is 0 Å². The molecule has 1 aromatic carbocycles. The molecule has 0 unspecified atom stereocenters. The summed E-state index contributed by atoms with van der Waals surface area (Å²) in [6.45, 7) is 2.05. The van der Waals surface area contributed by atoms with Crippen molar-refractivity contribution in [2.45, 2.75) is 6.92 Å².